The number of anilines is 5. The summed E-state index contributed by atoms with van der Waals surface area (Å²) < 4.78 is 36.5. The normalized spacial score (nSPS) is 17.0. The van der Waals surface area contributed by atoms with Crippen LogP contribution in [-0.4, -0.2) is 123 Å². The number of aromatic nitrogens is 4. The van der Waals surface area contributed by atoms with E-state index in [1.807, 2.05) is 30.8 Å². The van der Waals surface area contributed by atoms with E-state index in [-0.39, 0.29) is 96.8 Å². The molecule has 0 spiro atoms. The molecule has 7 amide bonds. The first-order valence-corrected chi connectivity index (χ1v) is 25.1. The van der Waals surface area contributed by atoms with Gasteiger partial charge in [-0.3, -0.25) is 28.8 Å². The molecule has 8 rings (SSSR count). The average molecular weight is 1050 g/mol. The lowest BCUT2D eigenvalue weighted by molar-refractivity contribution is -0.195. The zero-order chi connectivity index (χ0) is 54.2. The van der Waals surface area contributed by atoms with Crippen molar-refractivity contribution >= 4 is 70.0 Å². The topological polar surface area (TPSA) is 252 Å². The predicted molar refractivity (Wildman–Crippen MR) is 281 cm³/mol. The van der Waals surface area contributed by atoms with Crippen molar-refractivity contribution in [3.63, 3.8) is 0 Å². The van der Waals surface area contributed by atoms with Crippen LogP contribution in [0.15, 0.2) is 73.8 Å². The van der Waals surface area contributed by atoms with Gasteiger partial charge in [-0.1, -0.05) is 12.7 Å². The monoisotopic (exact) mass is 1050 g/mol. The number of fused-ring (bicyclic) bond motifs is 2. The highest BCUT2D eigenvalue weighted by atomic mass is 16.7. The van der Waals surface area contributed by atoms with Crippen LogP contribution in [0.5, 0.6) is 11.5 Å². The third-order valence-corrected chi connectivity index (χ3v) is 13.4. The van der Waals surface area contributed by atoms with Gasteiger partial charge in [0.2, 0.25) is 11.8 Å². The van der Waals surface area contributed by atoms with E-state index < -0.39 is 36.5 Å². The third kappa shape index (κ3) is 12.4. The van der Waals surface area contributed by atoms with Crippen molar-refractivity contribution < 1.29 is 57.2 Å². The summed E-state index contributed by atoms with van der Waals surface area (Å²) in [7, 11) is 8.33. The van der Waals surface area contributed by atoms with Crippen LogP contribution >= 0.6 is 0 Å². The summed E-state index contributed by atoms with van der Waals surface area (Å²) in [6.45, 7) is 6.62. The van der Waals surface area contributed by atoms with Crippen LogP contribution < -0.4 is 41.0 Å². The van der Waals surface area contributed by atoms with Gasteiger partial charge in [0.1, 0.15) is 23.7 Å². The lowest BCUT2D eigenvalue weighted by Gasteiger charge is -2.38. The third-order valence-electron chi connectivity index (χ3n) is 13.4. The summed E-state index contributed by atoms with van der Waals surface area (Å²) >= 11 is 0. The number of amides is 7. The first-order chi connectivity index (χ1) is 36.5. The Kier molecular flexibility index (Phi) is 17.0. The van der Waals surface area contributed by atoms with Gasteiger partial charge in [0.15, 0.2) is 24.0 Å². The van der Waals surface area contributed by atoms with Crippen molar-refractivity contribution in [3.8, 4) is 11.5 Å². The molecule has 3 atom stereocenters. The Labute approximate surface area is 439 Å². The second kappa shape index (κ2) is 23.9. The molecule has 23 nitrogen and oxygen atoms in total. The minimum absolute atomic E-state index is 0.0185. The van der Waals surface area contributed by atoms with E-state index in [0.717, 1.165) is 25.0 Å². The Morgan fingerprint density at radius 3 is 1.92 bits per heavy atom. The molecule has 7 heterocycles. The fourth-order valence-electron chi connectivity index (χ4n) is 9.48. The second-order valence-electron chi connectivity index (χ2n) is 18.9. The summed E-state index contributed by atoms with van der Waals surface area (Å²) in [5.41, 5.74) is 4.04. The molecule has 0 radical (unpaired) electrons. The predicted octanol–water partition coefficient (Wildman–Crippen LogP) is 6.04. The molecule has 4 aromatic heterocycles. The molecule has 0 bridgehead atoms. The van der Waals surface area contributed by atoms with Gasteiger partial charge in [0, 0.05) is 97.3 Å². The lowest BCUT2D eigenvalue weighted by Crippen LogP contribution is -2.54. The standard InChI is InChI=1S/C53H65N11O12/c1-8-19-75-53(71)64-39-27-44(43(72-7)26-37(39)51(70)63-18-11-13-38(63)52(64)76-47-15-9-10-20-74-47)73-21-12-14-45(65)55-34-23-42(61(5)29-34)50(69)58-36-25-40(60(4)31-36)48(67)54-17-16-46(66)56-35-24-41(62(6)30-35)49(68)57-33-22-32(2)59(3)28-33/h8,22-31,38,47,52H,1,9-21H2,2-7H3,(H,54,67)(H,55,65)(H,56,66)(H,57,68)(H,58,69)/t38-,47?,52-/m0/s1. The van der Waals surface area contributed by atoms with Gasteiger partial charge in [-0.2, -0.15) is 0 Å². The molecule has 5 aromatic rings. The fraction of sp³-hybridized carbons (Fsp3) is 0.415. The van der Waals surface area contributed by atoms with E-state index >= 15 is 0 Å². The summed E-state index contributed by atoms with van der Waals surface area (Å²) in [6, 6.07) is 9.10. The van der Waals surface area contributed by atoms with Gasteiger partial charge >= 0.3 is 6.09 Å². The number of nitrogens with one attached hydrogen (secondary N) is 5. The molecular formula is C53H65N11O12. The van der Waals surface area contributed by atoms with Crippen LogP contribution in [0.4, 0.5) is 33.2 Å². The van der Waals surface area contributed by atoms with Crippen molar-refractivity contribution in [2.24, 2.45) is 28.2 Å². The van der Waals surface area contributed by atoms with Gasteiger partial charge in [-0.25, -0.2) is 9.69 Å². The van der Waals surface area contributed by atoms with E-state index in [9.17, 15) is 33.6 Å². The molecule has 0 aliphatic carbocycles. The number of hydrogen-bond donors (Lipinski definition) is 5. The zero-order valence-electron chi connectivity index (χ0n) is 43.6. The largest absolute Gasteiger partial charge is 0.493 e. The number of ether oxygens (including phenoxy) is 5. The van der Waals surface area contributed by atoms with E-state index in [2.05, 4.69) is 33.2 Å². The Hall–Kier alpha value is -8.31. The molecule has 23 heteroatoms. The maximum Gasteiger partial charge on any atom is 0.416 e. The Morgan fingerprint density at radius 2 is 1.33 bits per heavy atom. The number of hydrogen-bond acceptors (Lipinski definition) is 12. The Balaban J connectivity index is 0.819. The zero-order valence-corrected chi connectivity index (χ0v) is 43.6. The lowest BCUT2D eigenvalue weighted by atomic mass is 10.1. The second-order valence-corrected chi connectivity index (χ2v) is 18.9. The molecule has 1 unspecified atom stereocenters. The van der Waals surface area contributed by atoms with Crippen molar-refractivity contribution in [1.82, 2.24) is 28.5 Å². The highest BCUT2D eigenvalue weighted by Crippen LogP contribution is 2.43. The summed E-state index contributed by atoms with van der Waals surface area (Å²) in [4.78, 5) is 96.6. The smallest absolute Gasteiger partial charge is 0.416 e. The molecule has 404 valence electrons. The maximum absolute atomic E-state index is 14.2. The molecule has 2 saturated heterocycles. The summed E-state index contributed by atoms with van der Waals surface area (Å²) in [6.07, 6.45) is 9.86. The minimum Gasteiger partial charge on any atom is -0.493 e. The highest BCUT2D eigenvalue weighted by Gasteiger charge is 2.48. The van der Waals surface area contributed by atoms with E-state index in [1.165, 1.54) is 30.2 Å². The van der Waals surface area contributed by atoms with E-state index in [0.29, 0.717) is 54.4 Å². The first-order valence-electron chi connectivity index (χ1n) is 25.1. The molecular weight excluding hydrogens is 983 g/mol. The molecule has 3 aliphatic heterocycles. The molecule has 76 heavy (non-hydrogen) atoms. The van der Waals surface area contributed by atoms with E-state index in [1.54, 1.807) is 76.5 Å². The minimum atomic E-state index is -0.918. The van der Waals surface area contributed by atoms with Gasteiger partial charge in [0.25, 0.3) is 23.6 Å². The Bertz CT molecular complexity index is 3000. The van der Waals surface area contributed by atoms with Crippen LogP contribution in [0.25, 0.3) is 0 Å². The summed E-state index contributed by atoms with van der Waals surface area (Å²) in [5, 5.41) is 14.0. The molecule has 0 saturated carbocycles. The molecule has 3 aliphatic rings. The van der Waals surface area contributed by atoms with Crippen molar-refractivity contribution in [3.05, 3.63) is 102 Å². The van der Waals surface area contributed by atoms with Gasteiger partial charge in [-0.15, -0.1) is 0 Å². The number of aryl methyl sites for hydroxylation is 5. The quantitative estimate of drug-likeness (QED) is 0.0443. The average Bonchev–Trinajstić information content (AvgIpc) is 4.25. The number of methoxy groups -OCH3 is 1. The van der Waals surface area contributed by atoms with Gasteiger partial charge < -0.3 is 73.4 Å². The van der Waals surface area contributed by atoms with E-state index in [4.69, 9.17) is 23.7 Å². The first kappa shape index (κ1) is 54.0. The van der Waals surface area contributed by atoms with Crippen LogP contribution in [0.2, 0.25) is 0 Å². The van der Waals surface area contributed by atoms with Crippen LogP contribution in [0.1, 0.15) is 98.9 Å². The summed E-state index contributed by atoms with van der Waals surface area (Å²) in [5.74, 6) is -1.80. The number of carbonyl (C=O) groups is 7. The fourth-order valence-corrected chi connectivity index (χ4v) is 9.48. The van der Waals surface area contributed by atoms with Crippen molar-refractivity contribution in [2.45, 2.75) is 76.9 Å². The highest BCUT2D eigenvalue weighted by molar-refractivity contribution is 6.07. The van der Waals surface area contributed by atoms with Crippen molar-refractivity contribution in [2.75, 3.05) is 66.2 Å². The van der Waals surface area contributed by atoms with Crippen LogP contribution in [-0.2, 0) is 52.0 Å². The number of rotatable bonds is 20. The van der Waals surface area contributed by atoms with Gasteiger partial charge in [0.05, 0.1) is 53.8 Å². The number of benzene rings is 1. The van der Waals surface area contributed by atoms with Crippen LogP contribution in [0.3, 0.4) is 0 Å². The SMILES string of the molecule is C=CCOC(=O)N1c2cc(OCCCC(=O)Nc3cc(C(=O)Nc4cc(C(=O)NCCC(=O)Nc5cc(C(=O)Nc6cc(C)n(C)c6)n(C)c5)n(C)c4)n(C)c3)c(OC)cc2C(=O)N2CCC[C@H]2[C@@H]1OC1CCCCO1. The van der Waals surface area contributed by atoms with Gasteiger partial charge in [-0.05, 0) is 75.8 Å². The Morgan fingerprint density at radius 1 is 0.724 bits per heavy atom. The molecule has 5 N–H and O–H groups in total. The number of carbonyl (C=O) groups excluding carboxylic acids is 7. The number of nitrogens with zero attached hydrogens (tertiary/aromatic N) is 6. The molecule has 1 aromatic carbocycles. The van der Waals surface area contributed by atoms with Crippen LogP contribution in [0, 0.1) is 6.92 Å². The van der Waals surface area contributed by atoms with Crippen molar-refractivity contribution in [1.29, 1.82) is 0 Å². The maximum atomic E-state index is 14.2. The molecule has 2 fully saturated rings.